The van der Waals surface area contributed by atoms with Crippen LogP contribution >= 0.6 is 0 Å². The van der Waals surface area contributed by atoms with Crippen molar-refractivity contribution < 1.29 is 13.2 Å². The van der Waals surface area contributed by atoms with Gasteiger partial charge in [-0.3, -0.25) is 4.79 Å². The largest absolute Gasteiger partial charge is 0.370 e. The average Bonchev–Trinajstić information content (AvgIpc) is 3.16. The lowest BCUT2D eigenvalue weighted by Crippen LogP contribution is -2.41. The van der Waals surface area contributed by atoms with Crippen molar-refractivity contribution >= 4 is 33.1 Å². The summed E-state index contributed by atoms with van der Waals surface area (Å²) >= 11 is 0. The third-order valence-corrected chi connectivity index (χ3v) is 7.94. The maximum absolute atomic E-state index is 12.9. The summed E-state index contributed by atoms with van der Waals surface area (Å²) in [6.07, 6.45) is 1.29. The molecule has 2 aliphatic heterocycles. The van der Waals surface area contributed by atoms with Crippen molar-refractivity contribution in [2.75, 3.05) is 30.4 Å². The molecular weight excluding hydrogens is 460 g/mol. The number of sulfonamides is 1. The molecule has 2 aliphatic rings. The van der Waals surface area contributed by atoms with E-state index in [9.17, 15) is 13.2 Å². The second kappa shape index (κ2) is 9.54. The molecule has 8 heteroatoms. The van der Waals surface area contributed by atoms with Gasteiger partial charge >= 0.3 is 0 Å². The Labute approximate surface area is 206 Å². The summed E-state index contributed by atoms with van der Waals surface area (Å²) < 4.78 is 28.7. The molecule has 0 bridgehead atoms. The lowest BCUT2D eigenvalue weighted by Gasteiger charge is -2.32. The number of anilines is 2. The first-order valence-corrected chi connectivity index (χ1v) is 13.2. The fraction of sp³-hybridized carbons (Fsp3) is 0.259. The van der Waals surface area contributed by atoms with E-state index in [4.69, 9.17) is 0 Å². The number of nitrogens with zero attached hydrogens (tertiary/aromatic N) is 3. The molecule has 0 saturated carbocycles. The van der Waals surface area contributed by atoms with Crippen molar-refractivity contribution in [3.8, 4) is 0 Å². The first-order chi connectivity index (χ1) is 16.9. The van der Waals surface area contributed by atoms with Crippen molar-refractivity contribution in [1.82, 2.24) is 4.90 Å². The van der Waals surface area contributed by atoms with Gasteiger partial charge in [0.25, 0.3) is 10.0 Å². The molecule has 180 valence electrons. The van der Waals surface area contributed by atoms with Crippen LogP contribution in [0.1, 0.15) is 24.0 Å². The van der Waals surface area contributed by atoms with Gasteiger partial charge < -0.3 is 15.1 Å². The third kappa shape index (κ3) is 4.93. The van der Waals surface area contributed by atoms with Crippen LogP contribution in [-0.2, 0) is 21.4 Å². The minimum absolute atomic E-state index is 0.00331. The predicted molar refractivity (Wildman–Crippen MR) is 138 cm³/mol. The second-order valence-electron chi connectivity index (χ2n) is 9.03. The topological polar surface area (TPSA) is 82.1 Å². The molecule has 0 radical (unpaired) electrons. The molecule has 1 amide bonds. The van der Waals surface area contributed by atoms with Crippen LogP contribution in [0.4, 0.5) is 11.4 Å². The number of likely N-dealkylation sites (tertiary alicyclic amines) is 1. The van der Waals surface area contributed by atoms with Crippen LogP contribution in [0.25, 0.3) is 0 Å². The first-order valence-electron chi connectivity index (χ1n) is 11.8. The molecule has 0 spiro atoms. The van der Waals surface area contributed by atoms with Crippen LogP contribution in [0.5, 0.6) is 0 Å². The number of amidine groups is 1. The maximum atomic E-state index is 12.9. The molecule has 2 heterocycles. The van der Waals surface area contributed by atoms with Gasteiger partial charge in [0.2, 0.25) is 5.91 Å². The molecule has 1 N–H and O–H groups in total. The smallest absolute Gasteiger partial charge is 0.285 e. The summed E-state index contributed by atoms with van der Waals surface area (Å²) in [6.45, 7) is 1.98. The van der Waals surface area contributed by atoms with Gasteiger partial charge in [0.05, 0.1) is 0 Å². The van der Waals surface area contributed by atoms with Crippen LogP contribution in [-0.4, -0.2) is 45.2 Å². The van der Waals surface area contributed by atoms with E-state index in [0.29, 0.717) is 37.3 Å². The Morgan fingerprint density at radius 3 is 2.34 bits per heavy atom. The van der Waals surface area contributed by atoms with E-state index < -0.39 is 10.0 Å². The van der Waals surface area contributed by atoms with Crippen LogP contribution < -0.4 is 10.2 Å². The SMILES string of the molecule is CN(Cc1ccccc1)c1ccc(NC(=O)C2CCN(C3=NS(=O)(=O)c4ccccc43)CC2)cc1. The average molecular weight is 489 g/mol. The van der Waals surface area contributed by atoms with E-state index in [2.05, 4.69) is 26.7 Å². The zero-order chi connectivity index (χ0) is 24.4. The van der Waals surface area contributed by atoms with E-state index in [-0.39, 0.29) is 16.7 Å². The van der Waals surface area contributed by atoms with Crippen LogP contribution in [0.2, 0.25) is 0 Å². The predicted octanol–water partition coefficient (Wildman–Crippen LogP) is 4.12. The van der Waals surface area contributed by atoms with Crippen LogP contribution in [0.15, 0.2) is 88.2 Å². The molecule has 1 fully saturated rings. The summed E-state index contributed by atoms with van der Waals surface area (Å²) in [4.78, 5) is 17.3. The van der Waals surface area contributed by atoms with Crippen molar-refractivity contribution in [2.45, 2.75) is 24.3 Å². The van der Waals surface area contributed by atoms with Crippen molar-refractivity contribution in [3.63, 3.8) is 0 Å². The first kappa shape index (κ1) is 23.1. The number of rotatable bonds is 5. The summed E-state index contributed by atoms with van der Waals surface area (Å²) in [6, 6.07) is 25.1. The monoisotopic (exact) mass is 488 g/mol. The van der Waals surface area contributed by atoms with E-state index in [1.807, 2.05) is 60.5 Å². The van der Waals surface area contributed by atoms with Gasteiger partial charge in [-0.2, -0.15) is 8.42 Å². The lowest BCUT2D eigenvalue weighted by atomic mass is 9.95. The van der Waals surface area contributed by atoms with Crippen molar-refractivity contribution in [1.29, 1.82) is 0 Å². The highest BCUT2D eigenvalue weighted by atomic mass is 32.2. The maximum Gasteiger partial charge on any atom is 0.285 e. The molecule has 7 nitrogen and oxygen atoms in total. The molecule has 3 aromatic rings. The lowest BCUT2D eigenvalue weighted by molar-refractivity contribution is -0.120. The zero-order valence-corrected chi connectivity index (χ0v) is 20.4. The minimum Gasteiger partial charge on any atom is -0.370 e. The molecule has 0 atom stereocenters. The minimum atomic E-state index is -3.64. The fourth-order valence-corrected chi connectivity index (χ4v) is 5.89. The Morgan fingerprint density at radius 1 is 0.971 bits per heavy atom. The van der Waals surface area contributed by atoms with E-state index in [0.717, 1.165) is 17.9 Å². The van der Waals surface area contributed by atoms with E-state index in [1.54, 1.807) is 18.2 Å². The summed E-state index contributed by atoms with van der Waals surface area (Å²) in [5.74, 6) is 0.367. The quantitative estimate of drug-likeness (QED) is 0.584. The zero-order valence-electron chi connectivity index (χ0n) is 19.6. The van der Waals surface area contributed by atoms with Gasteiger partial charge in [0.1, 0.15) is 4.90 Å². The second-order valence-corrected chi connectivity index (χ2v) is 10.6. The number of carbonyl (C=O) groups excluding carboxylic acids is 1. The summed E-state index contributed by atoms with van der Waals surface area (Å²) in [5, 5.41) is 3.04. The molecule has 3 aromatic carbocycles. The van der Waals surface area contributed by atoms with E-state index in [1.165, 1.54) is 5.56 Å². The highest BCUT2D eigenvalue weighted by Crippen LogP contribution is 2.30. The Bertz CT molecular complexity index is 1350. The summed E-state index contributed by atoms with van der Waals surface area (Å²) in [7, 11) is -1.59. The Balaban J connectivity index is 1.16. The van der Waals surface area contributed by atoms with Gasteiger partial charge in [-0.15, -0.1) is 4.40 Å². The molecule has 5 rings (SSSR count). The van der Waals surface area contributed by atoms with Crippen LogP contribution in [0, 0.1) is 5.92 Å². The molecule has 0 aliphatic carbocycles. The highest BCUT2D eigenvalue weighted by Gasteiger charge is 2.34. The Hall–Kier alpha value is -3.65. The standard InChI is InChI=1S/C27H28N4O3S/c1-30(19-20-7-3-2-4-8-20)23-13-11-22(12-14-23)28-27(32)21-15-17-31(18-16-21)26-24-9-5-6-10-25(24)35(33,34)29-26/h2-14,21H,15-19H2,1H3,(H,28,32). The molecular formula is C27H28N4O3S. The Morgan fingerprint density at radius 2 is 1.63 bits per heavy atom. The number of piperidine rings is 1. The normalized spacial score (nSPS) is 16.9. The van der Waals surface area contributed by atoms with Crippen molar-refractivity contribution in [2.24, 2.45) is 10.3 Å². The number of hydrogen-bond donors (Lipinski definition) is 1. The van der Waals surface area contributed by atoms with Gasteiger partial charge in [-0.05, 0) is 54.8 Å². The fourth-order valence-electron chi connectivity index (χ4n) is 4.66. The molecule has 0 unspecified atom stereocenters. The molecule has 35 heavy (non-hydrogen) atoms. The third-order valence-electron chi connectivity index (χ3n) is 6.62. The highest BCUT2D eigenvalue weighted by molar-refractivity contribution is 7.90. The van der Waals surface area contributed by atoms with Gasteiger partial charge in [0, 0.05) is 49.5 Å². The van der Waals surface area contributed by atoms with Crippen LogP contribution in [0.3, 0.4) is 0 Å². The van der Waals surface area contributed by atoms with Gasteiger partial charge in [0.15, 0.2) is 5.84 Å². The number of fused-ring (bicyclic) bond motifs is 1. The summed E-state index contributed by atoms with van der Waals surface area (Å²) in [5.41, 5.74) is 3.73. The number of hydrogen-bond acceptors (Lipinski definition) is 5. The molecule has 0 aromatic heterocycles. The van der Waals surface area contributed by atoms with E-state index >= 15 is 0 Å². The van der Waals surface area contributed by atoms with Crippen molar-refractivity contribution in [3.05, 3.63) is 90.0 Å². The number of carbonyl (C=O) groups is 1. The Kier molecular flexibility index (Phi) is 6.30. The van der Waals surface area contributed by atoms with Gasteiger partial charge in [-0.1, -0.05) is 42.5 Å². The number of amides is 1. The number of benzene rings is 3. The van der Waals surface area contributed by atoms with Gasteiger partial charge in [-0.25, -0.2) is 0 Å². The molecule has 1 saturated heterocycles. The number of nitrogens with one attached hydrogen (secondary N) is 1.